The molecule has 2 rings (SSSR count). The standard InChI is InChI=1S/C28H38O4/c1-4-22-31-26(29)16-12-7-5-6-8-13-17-27(30)32-25-20-18-24(19-21-25)28(2,3)23-14-10-9-11-15-23/h9-11,14-15,18-21H,4-8,12-13,16-17,22H2,1-3H3. The van der Waals surface area contributed by atoms with Gasteiger partial charge < -0.3 is 9.47 Å². The van der Waals surface area contributed by atoms with E-state index in [1.807, 2.05) is 37.3 Å². The number of unbranched alkanes of at least 4 members (excludes halogenated alkanes) is 5. The first-order valence-electron chi connectivity index (χ1n) is 12.0. The van der Waals surface area contributed by atoms with E-state index in [9.17, 15) is 9.59 Å². The summed E-state index contributed by atoms with van der Waals surface area (Å²) in [5, 5.41) is 0. The number of ether oxygens (including phenoxy) is 2. The smallest absolute Gasteiger partial charge is 0.311 e. The molecule has 0 atom stereocenters. The summed E-state index contributed by atoms with van der Waals surface area (Å²) in [6.07, 6.45) is 7.69. The first kappa shape index (κ1) is 25.6. The van der Waals surface area contributed by atoms with Crippen LogP contribution in [0, 0.1) is 0 Å². The van der Waals surface area contributed by atoms with Gasteiger partial charge in [0.1, 0.15) is 5.75 Å². The van der Waals surface area contributed by atoms with Crippen molar-refractivity contribution in [3.05, 3.63) is 65.7 Å². The van der Waals surface area contributed by atoms with E-state index in [4.69, 9.17) is 9.47 Å². The van der Waals surface area contributed by atoms with Crippen LogP contribution in [0.3, 0.4) is 0 Å². The maximum absolute atomic E-state index is 12.1. The highest BCUT2D eigenvalue weighted by Gasteiger charge is 2.22. The topological polar surface area (TPSA) is 52.6 Å². The molecule has 2 aromatic rings. The third-order valence-electron chi connectivity index (χ3n) is 5.78. The van der Waals surface area contributed by atoms with Crippen LogP contribution in [0.1, 0.15) is 89.7 Å². The van der Waals surface area contributed by atoms with E-state index in [0.29, 0.717) is 25.2 Å². The Morgan fingerprint density at radius 3 is 1.84 bits per heavy atom. The summed E-state index contributed by atoms with van der Waals surface area (Å²) in [6.45, 7) is 6.90. The number of hydrogen-bond acceptors (Lipinski definition) is 4. The number of carbonyl (C=O) groups excluding carboxylic acids is 2. The van der Waals surface area contributed by atoms with Crippen LogP contribution in [-0.4, -0.2) is 18.5 Å². The Hall–Kier alpha value is -2.62. The van der Waals surface area contributed by atoms with Crippen molar-refractivity contribution in [2.75, 3.05) is 6.61 Å². The van der Waals surface area contributed by atoms with Gasteiger partial charge in [-0.15, -0.1) is 0 Å². The van der Waals surface area contributed by atoms with Crippen molar-refractivity contribution < 1.29 is 19.1 Å². The first-order valence-corrected chi connectivity index (χ1v) is 12.0. The maximum atomic E-state index is 12.1. The maximum Gasteiger partial charge on any atom is 0.311 e. The largest absolute Gasteiger partial charge is 0.466 e. The van der Waals surface area contributed by atoms with E-state index in [1.165, 1.54) is 11.1 Å². The molecule has 0 unspecified atom stereocenters. The fourth-order valence-corrected chi connectivity index (χ4v) is 3.68. The second-order valence-corrected chi connectivity index (χ2v) is 8.83. The number of carbonyl (C=O) groups is 2. The Morgan fingerprint density at radius 1 is 0.719 bits per heavy atom. The Morgan fingerprint density at radius 2 is 1.25 bits per heavy atom. The van der Waals surface area contributed by atoms with Crippen LogP contribution in [-0.2, 0) is 19.7 Å². The monoisotopic (exact) mass is 438 g/mol. The first-order chi connectivity index (χ1) is 15.4. The van der Waals surface area contributed by atoms with Gasteiger partial charge in [0.15, 0.2) is 0 Å². The molecule has 0 aromatic heterocycles. The molecular formula is C28H38O4. The molecule has 0 N–H and O–H groups in total. The van der Waals surface area contributed by atoms with Gasteiger partial charge in [-0.3, -0.25) is 9.59 Å². The van der Waals surface area contributed by atoms with Gasteiger partial charge in [0.25, 0.3) is 0 Å². The van der Waals surface area contributed by atoms with Crippen molar-refractivity contribution in [1.29, 1.82) is 0 Å². The Balaban J connectivity index is 1.62. The lowest BCUT2D eigenvalue weighted by Crippen LogP contribution is -2.18. The lowest BCUT2D eigenvalue weighted by molar-refractivity contribution is -0.143. The van der Waals surface area contributed by atoms with Crippen LogP contribution in [0.5, 0.6) is 5.75 Å². The summed E-state index contributed by atoms with van der Waals surface area (Å²) in [6, 6.07) is 18.2. The van der Waals surface area contributed by atoms with Gasteiger partial charge in [-0.05, 0) is 42.5 Å². The van der Waals surface area contributed by atoms with Crippen LogP contribution < -0.4 is 4.74 Å². The van der Waals surface area contributed by atoms with E-state index in [0.717, 1.165) is 44.9 Å². The van der Waals surface area contributed by atoms with Gasteiger partial charge in [-0.2, -0.15) is 0 Å². The summed E-state index contributed by atoms with van der Waals surface area (Å²) < 4.78 is 10.6. The minimum Gasteiger partial charge on any atom is -0.466 e. The zero-order valence-corrected chi connectivity index (χ0v) is 19.9. The molecule has 0 spiro atoms. The molecule has 0 radical (unpaired) electrons. The number of hydrogen-bond donors (Lipinski definition) is 0. The van der Waals surface area contributed by atoms with Crippen LogP contribution >= 0.6 is 0 Å². The molecule has 0 saturated heterocycles. The Kier molecular flexibility index (Phi) is 11.0. The quantitative estimate of drug-likeness (QED) is 0.181. The molecule has 0 heterocycles. The molecule has 0 saturated carbocycles. The molecule has 4 nitrogen and oxygen atoms in total. The summed E-state index contributed by atoms with van der Waals surface area (Å²) in [4.78, 5) is 23.6. The molecule has 0 amide bonds. The van der Waals surface area contributed by atoms with Gasteiger partial charge in [-0.25, -0.2) is 0 Å². The van der Waals surface area contributed by atoms with Crippen molar-refractivity contribution in [2.24, 2.45) is 0 Å². The van der Waals surface area contributed by atoms with Gasteiger partial charge in [-0.1, -0.05) is 88.9 Å². The average Bonchev–Trinajstić information content (AvgIpc) is 2.80. The SMILES string of the molecule is CCCOC(=O)CCCCCCCCC(=O)Oc1ccc(C(C)(C)c2ccccc2)cc1. The van der Waals surface area contributed by atoms with Gasteiger partial charge >= 0.3 is 11.9 Å². The molecule has 174 valence electrons. The molecular weight excluding hydrogens is 400 g/mol. The fraction of sp³-hybridized carbons (Fsp3) is 0.500. The molecule has 4 heteroatoms. The van der Waals surface area contributed by atoms with E-state index in [1.54, 1.807) is 0 Å². The second-order valence-electron chi connectivity index (χ2n) is 8.83. The Labute approximate surface area is 193 Å². The fourth-order valence-electron chi connectivity index (χ4n) is 3.68. The van der Waals surface area contributed by atoms with Crippen LogP contribution in [0.25, 0.3) is 0 Å². The summed E-state index contributed by atoms with van der Waals surface area (Å²) in [5.74, 6) is 0.322. The van der Waals surface area contributed by atoms with Gasteiger partial charge in [0.05, 0.1) is 6.61 Å². The van der Waals surface area contributed by atoms with E-state index < -0.39 is 0 Å². The highest BCUT2D eigenvalue weighted by atomic mass is 16.5. The zero-order valence-electron chi connectivity index (χ0n) is 19.9. The van der Waals surface area contributed by atoms with Crippen LogP contribution in [0.2, 0.25) is 0 Å². The average molecular weight is 439 g/mol. The van der Waals surface area contributed by atoms with E-state index in [-0.39, 0.29) is 17.4 Å². The number of esters is 2. The van der Waals surface area contributed by atoms with Gasteiger partial charge in [0.2, 0.25) is 0 Å². The third kappa shape index (κ3) is 8.86. The minimum atomic E-state index is -0.182. The van der Waals surface area contributed by atoms with Gasteiger partial charge in [0, 0.05) is 18.3 Å². The lowest BCUT2D eigenvalue weighted by atomic mass is 9.78. The summed E-state index contributed by atoms with van der Waals surface area (Å²) in [7, 11) is 0. The molecule has 2 aromatic carbocycles. The predicted octanol–water partition coefficient (Wildman–Crippen LogP) is 6.99. The second kappa shape index (κ2) is 13.7. The molecule has 0 aliphatic carbocycles. The summed E-state index contributed by atoms with van der Waals surface area (Å²) in [5.41, 5.74) is 2.32. The third-order valence-corrected chi connectivity index (χ3v) is 5.78. The molecule has 0 aliphatic rings. The number of rotatable bonds is 14. The van der Waals surface area contributed by atoms with Crippen LogP contribution in [0.15, 0.2) is 54.6 Å². The lowest BCUT2D eigenvalue weighted by Gasteiger charge is -2.26. The molecule has 32 heavy (non-hydrogen) atoms. The van der Waals surface area contributed by atoms with Crippen molar-refractivity contribution in [3.63, 3.8) is 0 Å². The van der Waals surface area contributed by atoms with Crippen molar-refractivity contribution in [2.45, 2.75) is 84.0 Å². The molecule has 0 bridgehead atoms. The zero-order chi connectivity index (χ0) is 23.2. The molecule has 0 fully saturated rings. The molecule has 0 aliphatic heterocycles. The summed E-state index contributed by atoms with van der Waals surface area (Å²) >= 11 is 0. The van der Waals surface area contributed by atoms with E-state index in [2.05, 4.69) is 38.1 Å². The van der Waals surface area contributed by atoms with Crippen molar-refractivity contribution in [1.82, 2.24) is 0 Å². The number of benzene rings is 2. The van der Waals surface area contributed by atoms with Crippen LogP contribution in [0.4, 0.5) is 0 Å². The normalized spacial score (nSPS) is 11.2. The van der Waals surface area contributed by atoms with E-state index >= 15 is 0 Å². The van der Waals surface area contributed by atoms with Crippen molar-refractivity contribution >= 4 is 11.9 Å². The van der Waals surface area contributed by atoms with Crippen molar-refractivity contribution in [3.8, 4) is 5.75 Å². The highest BCUT2D eigenvalue weighted by Crippen LogP contribution is 2.32. The Bertz CT molecular complexity index is 809. The highest BCUT2D eigenvalue weighted by molar-refractivity contribution is 5.72. The predicted molar refractivity (Wildman–Crippen MR) is 129 cm³/mol. The minimum absolute atomic E-state index is 0.0914.